The second-order valence-electron chi connectivity index (χ2n) is 5.40. The van der Waals surface area contributed by atoms with E-state index in [1.54, 1.807) is 25.3 Å². The Balaban J connectivity index is 1.85. The number of benzene rings is 1. The summed E-state index contributed by atoms with van der Waals surface area (Å²) in [5, 5.41) is 11.9. The van der Waals surface area contributed by atoms with Crippen molar-refractivity contribution in [3.05, 3.63) is 18.2 Å². The van der Waals surface area contributed by atoms with Gasteiger partial charge in [-0.05, 0) is 44.0 Å². The third-order valence-corrected chi connectivity index (χ3v) is 3.87. The standard InChI is InChI=1S/C15H23N3O3/c1-21-12-2-3-14(13(16)8-12)17-15(20)9-18-6-4-11(10-19)5-7-18/h2-3,8,11,19H,4-7,9-10,16H2,1H3,(H,17,20). The van der Waals surface area contributed by atoms with Crippen LogP contribution >= 0.6 is 0 Å². The van der Waals surface area contributed by atoms with Crippen LogP contribution in [0, 0.1) is 5.92 Å². The summed E-state index contributed by atoms with van der Waals surface area (Å²) in [7, 11) is 1.57. The van der Waals surface area contributed by atoms with Gasteiger partial charge in [-0.1, -0.05) is 0 Å². The van der Waals surface area contributed by atoms with Crippen LogP contribution in [0.25, 0.3) is 0 Å². The Morgan fingerprint density at radius 1 is 1.48 bits per heavy atom. The van der Waals surface area contributed by atoms with Crippen LogP contribution in [0.3, 0.4) is 0 Å². The maximum atomic E-state index is 12.0. The highest BCUT2D eigenvalue weighted by molar-refractivity contribution is 5.95. The first kappa shape index (κ1) is 15.6. The van der Waals surface area contributed by atoms with E-state index in [9.17, 15) is 4.79 Å². The van der Waals surface area contributed by atoms with Crippen molar-refractivity contribution >= 4 is 17.3 Å². The maximum absolute atomic E-state index is 12.0. The van der Waals surface area contributed by atoms with Gasteiger partial charge in [0.2, 0.25) is 5.91 Å². The van der Waals surface area contributed by atoms with Crippen LogP contribution in [-0.2, 0) is 4.79 Å². The summed E-state index contributed by atoms with van der Waals surface area (Å²) in [5.74, 6) is 0.965. The van der Waals surface area contributed by atoms with E-state index >= 15 is 0 Å². The number of amides is 1. The minimum Gasteiger partial charge on any atom is -0.497 e. The molecule has 21 heavy (non-hydrogen) atoms. The first-order chi connectivity index (χ1) is 10.1. The topological polar surface area (TPSA) is 87.8 Å². The minimum absolute atomic E-state index is 0.0747. The van der Waals surface area contributed by atoms with E-state index in [0.717, 1.165) is 25.9 Å². The van der Waals surface area contributed by atoms with Crippen molar-refractivity contribution in [1.29, 1.82) is 0 Å². The van der Waals surface area contributed by atoms with Crippen molar-refractivity contribution < 1.29 is 14.6 Å². The average Bonchev–Trinajstić information content (AvgIpc) is 2.50. The summed E-state index contributed by atoms with van der Waals surface area (Å²) in [4.78, 5) is 14.1. The summed E-state index contributed by atoms with van der Waals surface area (Å²) in [6.45, 7) is 2.28. The Kier molecular flexibility index (Phi) is 5.41. The zero-order chi connectivity index (χ0) is 15.2. The van der Waals surface area contributed by atoms with Gasteiger partial charge in [0, 0.05) is 12.7 Å². The number of nitrogen functional groups attached to an aromatic ring is 1. The number of carbonyl (C=O) groups excluding carboxylic acids is 1. The largest absolute Gasteiger partial charge is 0.497 e. The van der Waals surface area contributed by atoms with Crippen LogP contribution in [0.2, 0.25) is 0 Å². The zero-order valence-corrected chi connectivity index (χ0v) is 12.3. The predicted octanol–water partition coefficient (Wildman–Crippen LogP) is 0.920. The van der Waals surface area contributed by atoms with E-state index in [0.29, 0.717) is 29.6 Å². The third-order valence-electron chi connectivity index (χ3n) is 3.87. The van der Waals surface area contributed by atoms with Crippen LogP contribution in [0.4, 0.5) is 11.4 Å². The molecule has 6 nitrogen and oxygen atoms in total. The summed E-state index contributed by atoms with van der Waals surface area (Å²) < 4.78 is 5.08. The molecular weight excluding hydrogens is 270 g/mol. The van der Waals surface area contributed by atoms with Crippen molar-refractivity contribution in [1.82, 2.24) is 4.90 Å². The van der Waals surface area contributed by atoms with Crippen molar-refractivity contribution in [3.63, 3.8) is 0 Å². The highest BCUT2D eigenvalue weighted by atomic mass is 16.5. The highest BCUT2D eigenvalue weighted by Gasteiger charge is 2.20. The number of carbonyl (C=O) groups is 1. The SMILES string of the molecule is COc1ccc(NC(=O)CN2CCC(CO)CC2)c(N)c1. The number of nitrogens with two attached hydrogens (primary N) is 1. The molecule has 6 heteroatoms. The van der Waals surface area contributed by atoms with Gasteiger partial charge in [0.25, 0.3) is 0 Å². The van der Waals surface area contributed by atoms with Gasteiger partial charge in [0.1, 0.15) is 5.75 Å². The molecular formula is C15H23N3O3. The van der Waals surface area contributed by atoms with Crippen LogP contribution in [-0.4, -0.2) is 49.3 Å². The molecule has 0 aliphatic carbocycles. The van der Waals surface area contributed by atoms with E-state index in [4.69, 9.17) is 15.6 Å². The zero-order valence-electron chi connectivity index (χ0n) is 12.3. The Hall–Kier alpha value is -1.79. The molecule has 0 spiro atoms. The molecule has 4 N–H and O–H groups in total. The highest BCUT2D eigenvalue weighted by Crippen LogP contribution is 2.24. The number of anilines is 2. The number of hydrogen-bond donors (Lipinski definition) is 3. The molecule has 1 aliphatic rings. The number of rotatable bonds is 5. The van der Waals surface area contributed by atoms with Crippen LogP contribution < -0.4 is 15.8 Å². The first-order valence-corrected chi connectivity index (χ1v) is 7.19. The predicted molar refractivity (Wildman–Crippen MR) is 82.3 cm³/mol. The number of aliphatic hydroxyl groups is 1. The number of methoxy groups -OCH3 is 1. The Labute approximate surface area is 124 Å². The molecule has 0 saturated carbocycles. The lowest BCUT2D eigenvalue weighted by atomic mass is 9.98. The van der Waals surface area contributed by atoms with Gasteiger partial charge in [-0.2, -0.15) is 0 Å². The number of likely N-dealkylation sites (tertiary alicyclic amines) is 1. The number of ether oxygens (including phenoxy) is 1. The molecule has 1 aliphatic heterocycles. The van der Waals surface area contributed by atoms with Gasteiger partial charge in [-0.25, -0.2) is 0 Å². The van der Waals surface area contributed by atoms with E-state index in [1.165, 1.54) is 0 Å². The second kappa shape index (κ2) is 7.28. The molecule has 1 aromatic carbocycles. The van der Waals surface area contributed by atoms with Crippen molar-refractivity contribution in [3.8, 4) is 5.75 Å². The molecule has 0 unspecified atom stereocenters. The fourth-order valence-corrected chi connectivity index (χ4v) is 2.50. The molecule has 1 fully saturated rings. The summed E-state index contributed by atoms with van der Waals surface area (Å²) >= 11 is 0. The maximum Gasteiger partial charge on any atom is 0.238 e. The van der Waals surface area contributed by atoms with Gasteiger partial charge < -0.3 is 20.9 Å². The fraction of sp³-hybridized carbons (Fsp3) is 0.533. The Morgan fingerprint density at radius 2 is 2.19 bits per heavy atom. The molecule has 0 radical (unpaired) electrons. The molecule has 0 atom stereocenters. The lowest BCUT2D eigenvalue weighted by Gasteiger charge is -2.30. The van der Waals surface area contributed by atoms with E-state index < -0.39 is 0 Å². The number of piperidine rings is 1. The van der Waals surface area contributed by atoms with Crippen molar-refractivity contribution in [2.24, 2.45) is 5.92 Å². The first-order valence-electron chi connectivity index (χ1n) is 7.19. The lowest BCUT2D eigenvalue weighted by Crippen LogP contribution is -2.39. The fourth-order valence-electron chi connectivity index (χ4n) is 2.50. The number of nitrogens with one attached hydrogen (secondary N) is 1. The van der Waals surface area contributed by atoms with Crippen molar-refractivity contribution in [2.75, 3.05) is 44.4 Å². The number of aliphatic hydroxyl groups excluding tert-OH is 1. The summed E-state index contributed by atoms with van der Waals surface area (Å²) in [6.07, 6.45) is 1.88. The molecule has 0 bridgehead atoms. The molecule has 1 saturated heterocycles. The monoisotopic (exact) mass is 293 g/mol. The van der Waals surface area contributed by atoms with Gasteiger partial charge in [0.05, 0.1) is 25.0 Å². The number of hydrogen-bond acceptors (Lipinski definition) is 5. The summed E-state index contributed by atoms with van der Waals surface area (Å²) in [6, 6.07) is 5.19. The molecule has 1 aromatic rings. The van der Waals surface area contributed by atoms with Crippen LogP contribution in [0.1, 0.15) is 12.8 Å². The van der Waals surface area contributed by atoms with Gasteiger partial charge in [-0.3, -0.25) is 9.69 Å². The molecule has 116 valence electrons. The number of nitrogens with zero attached hydrogens (tertiary/aromatic N) is 1. The minimum atomic E-state index is -0.0747. The molecule has 2 rings (SSSR count). The third kappa shape index (κ3) is 4.34. The normalized spacial score (nSPS) is 16.7. The second-order valence-corrected chi connectivity index (χ2v) is 5.40. The molecule has 1 heterocycles. The Bertz CT molecular complexity index is 485. The van der Waals surface area contributed by atoms with E-state index in [1.807, 2.05) is 0 Å². The smallest absolute Gasteiger partial charge is 0.238 e. The lowest BCUT2D eigenvalue weighted by molar-refractivity contribution is -0.117. The Morgan fingerprint density at radius 3 is 2.76 bits per heavy atom. The quantitative estimate of drug-likeness (QED) is 0.703. The molecule has 1 amide bonds. The van der Waals surface area contributed by atoms with Gasteiger partial charge in [0.15, 0.2) is 0 Å². The van der Waals surface area contributed by atoms with E-state index in [2.05, 4.69) is 10.2 Å². The summed E-state index contributed by atoms with van der Waals surface area (Å²) in [5.41, 5.74) is 6.97. The van der Waals surface area contributed by atoms with Crippen LogP contribution in [0.15, 0.2) is 18.2 Å². The van der Waals surface area contributed by atoms with Crippen molar-refractivity contribution in [2.45, 2.75) is 12.8 Å². The van der Waals surface area contributed by atoms with Gasteiger partial charge >= 0.3 is 0 Å². The van der Waals surface area contributed by atoms with Gasteiger partial charge in [-0.15, -0.1) is 0 Å². The molecule has 0 aromatic heterocycles. The van der Waals surface area contributed by atoms with Crippen LogP contribution in [0.5, 0.6) is 5.75 Å². The average molecular weight is 293 g/mol. The van der Waals surface area contributed by atoms with E-state index in [-0.39, 0.29) is 12.5 Å².